The average Bonchev–Trinajstić information content (AvgIpc) is 2.99. The summed E-state index contributed by atoms with van der Waals surface area (Å²) < 4.78 is 40.0. The predicted molar refractivity (Wildman–Crippen MR) is 97.9 cm³/mol. The average molecular weight is 379 g/mol. The van der Waals surface area contributed by atoms with Crippen LogP contribution in [0.4, 0.5) is 0 Å². The van der Waals surface area contributed by atoms with Gasteiger partial charge in [0.05, 0.1) is 19.4 Å². The number of aryl methyl sites for hydroxylation is 2. The molecule has 1 atom stereocenters. The quantitative estimate of drug-likeness (QED) is 0.769. The zero-order chi connectivity index (χ0) is 18.7. The summed E-state index contributed by atoms with van der Waals surface area (Å²) in [7, 11) is -0.180. The van der Waals surface area contributed by atoms with Crippen molar-refractivity contribution in [1.82, 2.24) is 14.1 Å². The van der Waals surface area contributed by atoms with Gasteiger partial charge in [0.1, 0.15) is 16.4 Å². The van der Waals surface area contributed by atoms with Gasteiger partial charge in [0.25, 0.3) is 0 Å². The largest absolute Gasteiger partial charge is 0.497 e. The summed E-state index contributed by atoms with van der Waals surface area (Å²) >= 11 is 0. The molecule has 0 radical (unpaired) electrons. The summed E-state index contributed by atoms with van der Waals surface area (Å²) in [6.07, 6.45) is 3.34. The maximum absolute atomic E-state index is 12.9. The molecule has 142 valence electrons. The Morgan fingerprint density at radius 3 is 2.77 bits per heavy atom. The van der Waals surface area contributed by atoms with Crippen LogP contribution in [0.2, 0.25) is 0 Å². The van der Waals surface area contributed by atoms with Gasteiger partial charge in [-0.3, -0.25) is 4.68 Å². The fourth-order valence-corrected chi connectivity index (χ4v) is 5.01. The van der Waals surface area contributed by atoms with E-state index in [0.29, 0.717) is 25.4 Å². The van der Waals surface area contributed by atoms with Crippen molar-refractivity contribution in [3.63, 3.8) is 0 Å². The van der Waals surface area contributed by atoms with E-state index in [1.54, 1.807) is 31.6 Å². The first kappa shape index (κ1) is 18.7. The van der Waals surface area contributed by atoms with E-state index in [-0.39, 0.29) is 10.8 Å². The second-order valence-electron chi connectivity index (χ2n) is 6.61. The Morgan fingerprint density at radius 1 is 1.31 bits per heavy atom. The third-order valence-corrected chi connectivity index (χ3v) is 6.56. The second-order valence-corrected chi connectivity index (χ2v) is 8.52. The minimum atomic E-state index is -3.52. The number of aromatic nitrogens is 2. The summed E-state index contributed by atoms with van der Waals surface area (Å²) in [5.74, 6) is 1.62. The zero-order valence-electron chi connectivity index (χ0n) is 15.4. The Morgan fingerprint density at radius 2 is 2.08 bits per heavy atom. The van der Waals surface area contributed by atoms with Crippen molar-refractivity contribution >= 4 is 10.0 Å². The third kappa shape index (κ3) is 4.02. The number of rotatable bonds is 6. The first-order valence-corrected chi connectivity index (χ1v) is 10.1. The molecular weight excluding hydrogens is 354 g/mol. The molecule has 26 heavy (non-hydrogen) atoms. The van der Waals surface area contributed by atoms with Crippen LogP contribution in [0.3, 0.4) is 0 Å². The van der Waals surface area contributed by atoms with Crippen molar-refractivity contribution in [3.05, 3.63) is 36.2 Å². The van der Waals surface area contributed by atoms with Crippen LogP contribution in [-0.2, 0) is 17.1 Å². The summed E-state index contributed by atoms with van der Waals surface area (Å²) in [6, 6.07) is 7.43. The molecule has 3 rings (SSSR count). The molecule has 1 aromatic carbocycles. The lowest BCUT2D eigenvalue weighted by molar-refractivity contribution is 0.180. The first-order valence-electron chi connectivity index (χ1n) is 8.67. The van der Waals surface area contributed by atoms with Gasteiger partial charge in [0.2, 0.25) is 10.0 Å². The van der Waals surface area contributed by atoms with E-state index < -0.39 is 10.0 Å². The predicted octanol–water partition coefficient (Wildman–Crippen LogP) is 2.22. The Balaban J connectivity index is 1.66. The van der Waals surface area contributed by atoms with Gasteiger partial charge < -0.3 is 9.47 Å². The van der Waals surface area contributed by atoms with E-state index in [2.05, 4.69) is 5.10 Å². The number of benzene rings is 1. The Kier molecular flexibility index (Phi) is 5.52. The van der Waals surface area contributed by atoms with Gasteiger partial charge in [-0.1, -0.05) is 6.07 Å². The van der Waals surface area contributed by atoms with Gasteiger partial charge in [-0.05, 0) is 31.9 Å². The van der Waals surface area contributed by atoms with Crippen LogP contribution in [0.1, 0.15) is 18.5 Å². The molecule has 2 heterocycles. The number of hydrogen-bond acceptors (Lipinski definition) is 5. The van der Waals surface area contributed by atoms with Crippen molar-refractivity contribution in [2.45, 2.75) is 24.7 Å². The molecule has 1 aliphatic heterocycles. The Bertz CT molecular complexity index is 863. The minimum Gasteiger partial charge on any atom is -0.497 e. The molecule has 0 bridgehead atoms. The number of sulfonamides is 1. The van der Waals surface area contributed by atoms with Crippen LogP contribution in [0.25, 0.3) is 0 Å². The standard InChI is InChI=1S/C18H25N3O4S/c1-14-18(12-20(2)19-14)26(22,23)21-9-5-6-15(11-21)13-25-17-8-4-7-16(10-17)24-3/h4,7-8,10,12,15H,5-6,9,11,13H2,1-3H3/t15-/m0/s1. The van der Waals surface area contributed by atoms with Gasteiger partial charge in [0, 0.05) is 38.3 Å². The second kappa shape index (κ2) is 7.67. The monoisotopic (exact) mass is 379 g/mol. The van der Waals surface area contributed by atoms with Crippen LogP contribution in [0.5, 0.6) is 11.5 Å². The summed E-state index contributed by atoms with van der Waals surface area (Å²) in [6.45, 7) is 3.19. The minimum absolute atomic E-state index is 0.154. The highest BCUT2D eigenvalue weighted by Crippen LogP contribution is 2.26. The number of piperidine rings is 1. The lowest BCUT2D eigenvalue weighted by Gasteiger charge is -2.31. The van der Waals surface area contributed by atoms with E-state index >= 15 is 0 Å². The van der Waals surface area contributed by atoms with Crippen molar-refractivity contribution in [2.24, 2.45) is 13.0 Å². The fourth-order valence-electron chi connectivity index (χ4n) is 3.26. The molecule has 1 aliphatic rings. The molecule has 7 nitrogen and oxygen atoms in total. The zero-order valence-corrected chi connectivity index (χ0v) is 16.2. The molecular formula is C18H25N3O4S. The third-order valence-electron chi connectivity index (χ3n) is 4.59. The molecule has 0 spiro atoms. The SMILES string of the molecule is COc1cccc(OC[C@H]2CCCN(S(=O)(=O)c3cn(C)nc3C)C2)c1. The van der Waals surface area contributed by atoms with E-state index in [1.165, 1.54) is 4.68 Å². The Labute approximate surface area is 154 Å². The molecule has 0 unspecified atom stereocenters. The number of nitrogens with zero attached hydrogens (tertiary/aromatic N) is 3. The van der Waals surface area contributed by atoms with E-state index in [9.17, 15) is 8.42 Å². The molecule has 0 amide bonds. The molecule has 1 fully saturated rings. The molecule has 1 aromatic heterocycles. The van der Waals surface area contributed by atoms with Crippen molar-refractivity contribution in [1.29, 1.82) is 0 Å². The normalized spacial score (nSPS) is 18.7. The fraction of sp³-hybridized carbons (Fsp3) is 0.500. The van der Waals surface area contributed by atoms with Crippen LogP contribution in [0, 0.1) is 12.8 Å². The molecule has 1 saturated heterocycles. The molecule has 8 heteroatoms. The maximum atomic E-state index is 12.9. The highest BCUT2D eigenvalue weighted by Gasteiger charge is 2.32. The summed E-state index contributed by atoms with van der Waals surface area (Å²) in [5.41, 5.74) is 0.530. The number of ether oxygens (including phenoxy) is 2. The molecule has 0 aliphatic carbocycles. The van der Waals surface area contributed by atoms with E-state index in [4.69, 9.17) is 9.47 Å². The van der Waals surface area contributed by atoms with E-state index in [0.717, 1.165) is 24.3 Å². The summed E-state index contributed by atoms with van der Waals surface area (Å²) in [4.78, 5) is 0.286. The first-order chi connectivity index (χ1) is 12.4. The van der Waals surface area contributed by atoms with Gasteiger partial charge >= 0.3 is 0 Å². The van der Waals surface area contributed by atoms with Gasteiger partial charge in [-0.15, -0.1) is 0 Å². The van der Waals surface area contributed by atoms with Crippen molar-refractivity contribution in [2.75, 3.05) is 26.8 Å². The molecule has 2 aromatic rings. The lowest BCUT2D eigenvalue weighted by Crippen LogP contribution is -2.41. The van der Waals surface area contributed by atoms with E-state index in [1.807, 2.05) is 24.3 Å². The van der Waals surface area contributed by atoms with Crippen LogP contribution < -0.4 is 9.47 Å². The van der Waals surface area contributed by atoms with Crippen LogP contribution in [-0.4, -0.2) is 49.3 Å². The number of methoxy groups -OCH3 is 1. The Hall–Kier alpha value is -2.06. The van der Waals surface area contributed by atoms with Gasteiger partial charge in [0.15, 0.2) is 0 Å². The topological polar surface area (TPSA) is 73.7 Å². The van der Waals surface area contributed by atoms with Crippen molar-refractivity contribution in [3.8, 4) is 11.5 Å². The summed E-state index contributed by atoms with van der Waals surface area (Å²) in [5, 5.41) is 4.16. The molecule has 0 N–H and O–H groups in total. The maximum Gasteiger partial charge on any atom is 0.246 e. The van der Waals surface area contributed by atoms with Crippen LogP contribution >= 0.6 is 0 Å². The van der Waals surface area contributed by atoms with Gasteiger partial charge in [-0.25, -0.2) is 8.42 Å². The highest BCUT2D eigenvalue weighted by molar-refractivity contribution is 7.89. The molecule has 0 saturated carbocycles. The van der Waals surface area contributed by atoms with Crippen molar-refractivity contribution < 1.29 is 17.9 Å². The highest BCUT2D eigenvalue weighted by atomic mass is 32.2. The lowest BCUT2D eigenvalue weighted by atomic mass is 10.0. The van der Waals surface area contributed by atoms with Gasteiger partial charge in [-0.2, -0.15) is 9.40 Å². The van der Waals surface area contributed by atoms with Crippen LogP contribution in [0.15, 0.2) is 35.4 Å². The number of hydrogen-bond donors (Lipinski definition) is 0. The smallest absolute Gasteiger partial charge is 0.246 e.